The summed E-state index contributed by atoms with van der Waals surface area (Å²) in [7, 11) is 0. The maximum atomic E-state index is 6.03. The van der Waals surface area contributed by atoms with Gasteiger partial charge in [-0.15, -0.1) is 11.3 Å². The van der Waals surface area contributed by atoms with Crippen molar-refractivity contribution in [2.24, 2.45) is 0 Å². The SMILES string of the molecule is CCCCCNc1cc2nc(C)sc2cc1N. The third kappa shape index (κ3) is 2.88. The Morgan fingerprint density at radius 2 is 2.18 bits per heavy atom. The van der Waals surface area contributed by atoms with Crippen LogP contribution in [-0.2, 0) is 0 Å². The number of nitrogens with one attached hydrogen (secondary N) is 1. The van der Waals surface area contributed by atoms with Gasteiger partial charge in [-0.3, -0.25) is 0 Å². The van der Waals surface area contributed by atoms with Crippen LogP contribution in [-0.4, -0.2) is 11.5 Å². The standard InChI is InChI=1S/C13H19N3S/c1-3-4-5-6-15-11-8-12-13(7-10(11)14)17-9(2)16-12/h7-8,15H,3-6,14H2,1-2H3. The maximum Gasteiger partial charge on any atom is 0.0907 e. The van der Waals surface area contributed by atoms with E-state index in [0.29, 0.717) is 0 Å². The van der Waals surface area contributed by atoms with Gasteiger partial charge in [0, 0.05) is 6.54 Å². The minimum absolute atomic E-state index is 0.817. The van der Waals surface area contributed by atoms with Crippen molar-refractivity contribution in [2.45, 2.75) is 33.1 Å². The first-order valence-corrected chi connectivity index (χ1v) is 6.93. The number of anilines is 2. The number of fused-ring (bicyclic) bond motifs is 1. The Morgan fingerprint density at radius 3 is 2.94 bits per heavy atom. The number of nitrogens with two attached hydrogens (primary N) is 1. The number of nitrogens with zero attached hydrogens (tertiary/aromatic N) is 1. The van der Waals surface area contributed by atoms with Crippen LogP contribution in [0.25, 0.3) is 10.2 Å². The first-order valence-electron chi connectivity index (χ1n) is 6.11. The average Bonchev–Trinajstić information content (AvgIpc) is 2.63. The molecule has 0 radical (unpaired) electrons. The van der Waals surface area contributed by atoms with E-state index in [4.69, 9.17) is 5.73 Å². The third-order valence-corrected chi connectivity index (χ3v) is 3.70. The van der Waals surface area contributed by atoms with Gasteiger partial charge < -0.3 is 11.1 Å². The van der Waals surface area contributed by atoms with E-state index < -0.39 is 0 Å². The van der Waals surface area contributed by atoms with Crippen molar-refractivity contribution >= 4 is 32.9 Å². The number of thiazole rings is 1. The topological polar surface area (TPSA) is 50.9 Å². The lowest BCUT2D eigenvalue weighted by molar-refractivity contribution is 0.744. The number of unbranched alkanes of at least 4 members (excludes halogenated alkanes) is 2. The summed E-state index contributed by atoms with van der Waals surface area (Å²) in [5.41, 5.74) is 8.90. The van der Waals surface area contributed by atoms with Crippen LogP contribution in [0.4, 0.5) is 11.4 Å². The number of aryl methyl sites for hydroxylation is 1. The summed E-state index contributed by atoms with van der Waals surface area (Å²) in [6.45, 7) is 5.21. The van der Waals surface area contributed by atoms with E-state index >= 15 is 0 Å². The normalized spacial score (nSPS) is 10.9. The van der Waals surface area contributed by atoms with Crippen LogP contribution >= 0.6 is 11.3 Å². The van der Waals surface area contributed by atoms with Crippen molar-refractivity contribution < 1.29 is 0 Å². The van der Waals surface area contributed by atoms with Crippen molar-refractivity contribution in [3.8, 4) is 0 Å². The van der Waals surface area contributed by atoms with Gasteiger partial charge in [0.2, 0.25) is 0 Å². The molecule has 0 amide bonds. The van der Waals surface area contributed by atoms with E-state index in [1.54, 1.807) is 11.3 Å². The highest BCUT2D eigenvalue weighted by Gasteiger charge is 2.05. The highest BCUT2D eigenvalue weighted by atomic mass is 32.1. The summed E-state index contributed by atoms with van der Waals surface area (Å²) in [6.07, 6.45) is 3.68. The molecule has 2 aromatic rings. The first-order chi connectivity index (χ1) is 8.20. The predicted molar refractivity (Wildman–Crippen MR) is 76.8 cm³/mol. The quantitative estimate of drug-likeness (QED) is 0.626. The van der Waals surface area contributed by atoms with Crippen LogP contribution in [0.1, 0.15) is 31.2 Å². The van der Waals surface area contributed by atoms with Crippen molar-refractivity contribution in [1.29, 1.82) is 0 Å². The predicted octanol–water partition coefficient (Wildman–Crippen LogP) is 3.79. The summed E-state index contributed by atoms with van der Waals surface area (Å²) in [5, 5.41) is 4.47. The highest BCUT2D eigenvalue weighted by Crippen LogP contribution is 2.29. The fourth-order valence-corrected chi connectivity index (χ4v) is 2.71. The number of hydrogen-bond donors (Lipinski definition) is 2. The largest absolute Gasteiger partial charge is 0.397 e. The van der Waals surface area contributed by atoms with Crippen molar-refractivity contribution in [3.05, 3.63) is 17.1 Å². The van der Waals surface area contributed by atoms with E-state index in [1.807, 2.05) is 13.0 Å². The molecular weight excluding hydrogens is 230 g/mol. The molecule has 0 fully saturated rings. The molecule has 2 rings (SSSR count). The fourth-order valence-electron chi connectivity index (χ4n) is 1.86. The van der Waals surface area contributed by atoms with Crippen LogP contribution in [0, 0.1) is 6.92 Å². The van der Waals surface area contributed by atoms with Crippen LogP contribution in [0.3, 0.4) is 0 Å². The Bertz CT molecular complexity index is 505. The molecule has 17 heavy (non-hydrogen) atoms. The number of benzene rings is 1. The smallest absolute Gasteiger partial charge is 0.0907 e. The molecule has 1 aromatic heterocycles. The molecule has 0 saturated carbocycles. The average molecular weight is 249 g/mol. The van der Waals surface area contributed by atoms with Crippen LogP contribution in [0.5, 0.6) is 0 Å². The lowest BCUT2D eigenvalue weighted by atomic mass is 10.2. The van der Waals surface area contributed by atoms with Gasteiger partial charge in [0.1, 0.15) is 0 Å². The van der Waals surface area contributed by atoms with Crippen molar-refractivity contribution in [3.63, 3.8) is 0 Å². The minimum atomic E-state index is 0.817. The highest BCUT2D eigenvalue weighted by molar-refractivity contribution is 7.18. The number of aromatic nitrogens is 1. The zero-order valence-electron chi connectivity index (χ0n) is 10.4. The number of hydrogen-bond acceptors (Lipinski definition) is 4. The van der Waals surface area contributed by atoms with Gasteiger partial charge in [0.15, 0.2) is 0 Å². The molecule has 92 valence electrons. The zero-order chi connectivity index (χ0) is 12.3. The summed E-state index contributed by atoms with van der Waals surface area (Å²) < 4.78 is 1.17. The summed E-state index contributed by atoms with van der Waals surface area (Å²) in [4.78, 5) is 4.48. The lowest BCUT2D eigenvalue weighted by Crippen LogP contribution is -2.03. The molecule has 0 saturated heterocycles. The van der Waals surface area contributed by atoms with Crippen molar-refractivity contribution in [1.82, 2.24) is 4.98 Å². The zero-order valence-corrected chi connectivity index (χ0v) is 11.2. The molecule has 1 heterocycles. The Hall–Kier alpha value is -1.29. The van der Waals surface area contributed by atoms with Crippen LogP contribution in [0.15, 0.2) is 12.1 Å². The van der Waals surface area contributed by atoms with E-state index in [1.165, 1.54) is 24.0 Å². The lowest BCUT2D eigenvalue weighted by Gasteiger charge is -2.08. The second kappa shape index (κ2) is 5.36. The molecule has 0 atom stereocenters. The molecule has 3 N–H and O–H groups in total. The summed E-state index contributed by atoms with van der Waals surface area (Å²) >= 11 is 1.69. The van der Waals surface area contributed by atoms with Gasteiger partial charge >= 0.3 is 0 Å². The van der Waals surface area contributed by atoms with Gasteiger partial charge in [0.25, 0.3) is 0 Å². The van der Waals surface area contributed by atoms with E-state index in [2.05, 4.69) is 23.3 Å². The molecule has 0 aliphatic rings. The number of rotatable bonds is 5. The number of nitrogen functional groups attached to an aromatic ring is 1. The molecule has 0 aliphatic heterocycles. The maximum absolute atomic E-state index is 6.03. The van der Waals surface area contributed by atoms with E-state index in [-0.39, 0.29) is 0 Å². The van der Waals surface area contributed by atoms with Gasteiger partial charge in [-0.25, -0.2) is 4.98 Å². The monoisotopic (exact) mass is 249 g/mol. The first kappa shape index (κ1) is 12.2. The minimum Gasteiger partial charge on any atom is -0.397 e. The second-order valence-corrected chi connectivity index (χ2v) is 5.51. The van der Waals surface area contributed by atoms with Gasteiger partial charge in [0.05, 0.1) is 26.6 Å². The Labute approximate surface area is 106 Å². The van der Waals surface area contributed by atoms with E-state index in [9.17, 15) is 0 Å². The van der Waals surface area contributed by atoms with Gasteiger partial charge in [-0.2, -0.15) is 0 Å². The molecule has 0 unspecified atom stereocenters. The molecular formula is C13H19N3S. The fraction of sp³-hybridized carbons (Fsp3) is 0.462. The molecule has 4 heteroatoms. The van der Waals surface area contributed by atoms with Crippen LogP contribution < -0.4 is 11.1 Å². The molecule has 0 spiro atoms. The van der Waals surface area contributed by atoms with E-state index in [0.717, 1.165) is 28.4 Å². The molecule has 0 aliphatic carbocycles. The molecule has 1 aromatic carbocycles. The Balaban J connectivity index is 2.13. The summed E-state index contributed by atoms with van der Waals surface area (Å²) in [5.74, 6) is 0. The van der Waals surface area contributed by atoms with Crippen LogP contribution in [0.2, 0.25) is 0 Å². The molecule has 0 bridgehead atoms. The molecule has 3 nitrogen and oxygen atoms in total. The Kier molecular flexibility index (Phi) is 3.84. The van der Waals surface area contributed by atoms with Gasteiger partial charge in [-0.1, -0.05) is 19.8 Å². The van der Waals surface area contributed by atoms with Crippen molar-refractivity contribution in [2.75, 3.05) is 17.6 Å². The van der Waals surface area contributed by atoms with Gasteiger partial charge in [-0.05, 0) is 25.5 Å². The summed E-state index contributed by atoms with van der Waals surface area (Å²) in [6, 6.07) is 4.07. The Morgan fingerprint density at radius 1 is 1.35 bits per heavy atom. The third-order valence-electron chi connectivity index (χ3n) is 2.76. The second-order valence-electron chi connectivity index (χ2n) is 4.27.